The standard InChI is InChI=1S/C26H26N6O2/c1-32-17-23(22-16-28-12-13-29-22)31-25(32)26(10-14-34-15-11-26)19-8-6-18(7-9-19)24(33)30-21-5-3-2-4-20(21)27/h2-9,12-13,16-17H,10-11,14-15,27H2,1H3,(H,30,33). The van der Waals surface area contributed by atoms with Gasteiger partial charge in [-0.05, 0) is 42.7 Å². The van der Waals surface area contributed by atoms with Gasteiger partial charge in [-0.3, -0.25) is 14.8 Å². The van der Waals surface area contributed by atoms with E-state index in [2.05, 4.69) is 19.9 Å². The fourth-order valence-corrected chi connectivity index (χ4v) is 4.57. The Balaban J connectivity index is 1.47. The van der Waals surface area contributed by atoms with E-state index in [4.69, 9.17) is 15.5 Å². The third kappa shape index (κ3) is 4.04. The lowest BCUT2D eigenvalue weighted by atomic mass is 9.73. The monoisotopic (exact) mass is 454 g/mol. The van der Waals surface area contributed by atoms with Crippen LogP contribution >= 0.6 is 0 Å². The topological polar surface area (TPSA) is 108 Å². The number of ether oxygens (including phenoxy) is 1. The highest BCUT2D eigenvalue weighted by Gasteiger charge is 2.40. The number of para-hydroxylation sites is 2. The van der Waals surface area contributed by atoms with Gasteiger partial charge in [-0.15, -0.1) is 0 Å². The molecule has 1 saturated heterocycles. The van der Waals surface area contributed by atoms with E-state index in [9.17, 15) is 4.79 Å². The molecule has 34 heavy (non-hydrogen) atoms. The van der Waals surface area contributed by atoms with E-state index in [0.29, 0.717) is 30.2 Å². The number of nitrogen functional groups attached to an aromatic ring is 1. The summed E-state index contributed by atoms with van der Waals surface area (Å²) >= 11 is 0. The van der Waals surface area contributed by atoms with Crippen molar-refractivity contribution in [3.05, 3.63) is 90.3 Å². The van der Waals surface area contributed by atoms with E-state index in [-0.39, 0.29) is 11.3 Å². The maximum Gasteiger partial charge on any atom is 0.255 e. The van der Waals surface area contributed by atoms with Gasteiger partial charge in [0.15, 0.2) is 0 Å². The van der Waals surface area contributed by atoms with Crippen LogP contribution in [0.1, 0.15) is 34.6 Å². The summed E-state index contributed by atoms with van der Waals surface area (Å²) in [5.74, 6) is 0.748. The van der Waals surface area contributed by atoms with Gasteiger partial charge >= 0.3 is 0 Å². The number of anilines is 2. The van der Waals surface area contributed by atoms with Gasteiger partial charge in [0.05, 0.1) is 23.0 Å². The smallest absolute Gasteiger partial charge is 0.255 e. The van der Waals surface area contributed by atoms with E-state index in [1.807, 2.05) is 49.6 Å². The lowest BCUT2D eigenvalue weighted by Gasteiger charge is -2.37. The van der Waals surface area contributed by atoms with E-state index in [0.717, 1.165) is 35.6 Å². The normalized spacial score (nSPS) is 15.1. The summed E-state index contributed by atoms with van der Waals surface area (Å²) in [6.07, 6.45) is 8.61. The Morgan fingerprint density at radius 3 is 2.53 bits per heavy atom. The number of aryl methyl sites for hydroxylation is 1. The van der Waals surface area contributed by atoms with Gasteiger partial charge in [0, 0.05) is 44.4 Å². The van der Waals surface area contributed by atoms with Gasteiger partial charge in [0.2, 0.25) is 0 Å². The second-order valence-electron chi connectivity index (χ2n) is 8.46. The molecule has 0 radical (unpaired) electrons. The van der Waals surface area contributed by atoms with Crippen LogP contribution in [-0.4, -0.2) is 38.6 Å². The fourth-order valence-electron chi connectivity index (χ4n) is 4.57. The Kier molecular flexibility index (Phi) is 5.81. The maximum absolute atomic E-state index is 12.8. The summed E-state index contributed by atoms with van der Waals surface area (Å²) < 4.78 is 7.77. The summed E-state index contributed by atoms with van der Waals surface area (Å²) in [6.45, 7) is 1.28. The largest absolute Gasteiger partial charge is 0.397 e. The predicted molar refractivity (Wildman–Crippen MR) is 130 cm³/mol. The number of hydrogen-bond donors (Lipinski definition) is 2. The van der Waals surface area contributed by atoms with E-state index in [1.165, 1.54) is 0 Å². The molecule has 0 spiro atoms. The summed E-state index contributed by atoms with van der Waals surface area (Å²) in [7, 11) is 2.01. The van der Waals surface area contributed by atoms with Crippen LogP contribution in [0, 0.1) is 0 Å². The van der Waals surface area contributed by atoms with Gasteiger partial charge in [-0.2, -0.15) is 0 Å². The molecule has 4 aromatic rings. The molecule has 3 heterocycles. The number of hydrogen-bond acceptors (Lipinski definition) is 6. The molecule has 1 fully saturated rings. The van der Waals surface area contributed by atoms with Crippen molar-refractivity contribution < 1.29 is 9.53 Å². The number of aromatic nitrogens is 4. The quantitative estimate of drug-likeness (QED) is 0.444. The first kappa shape index (κ1) is 21.8. The number of nitrogens with zero attached hydrogens (tertiary/aromatic N) is 4. The first-order valence-corrected chi connectivity index (χ1v) is 11.2. The third-order valence-electron chi connectivity index (χ3n) is 6.39. The Hall–Kier alpha value is -4.04. The molecule has 0 aliphatic carbocycles. The number of amides is 1. The van der Waals surface area contributed by atoms with Gasteiger partial charge < -0.3 is 20.4 Å². The highest BCUT2D eigenvalue weighted by atomic mass is 16.5. The van der Waals surface area contributed by atoms with Crippen molar-refractivity contribution in [1.29, 1.82) is 0 Å². The van der Waals surface area contributed by atoms with Crippen molar-refractivity contribution in [1.82, 2.24) is 19.5 Å². The molecule has 1 amide bonds. The van der Waals surface area contributed by atoms with Gasteiger partial charge in [-0.1, -0.05) is 24.3 Å². The minimum Gasteiger partial charge on any atom is -0.397 e. The number of carbonyl (C=O) groups excluding carboxylic acids is 1. The van der Waals surface area contributed by atoms with Crippen molar-refractivity contribution in [3.63, 3.8) is 0 Å². The molecule has 5 rings (SSSR count). The molecule has 2 aromatic heterocycles. The average Bonchev–Trinajstić information content (AvgIpc) is 3.28. The minimum absolute atomic E-state index is 0.201. The van der Waals surface area contributed by atoms with Crippen molar-refractivity contribution in [2.75, 3.05) is 24.3 Å². The van der Waals surface area contributed by atoms with Crippen molar-refractivity contribution in [3.8, 4) is 11.4 Å². The summed E-state index contributed by atoms with van der Waals surface area (Å²) in [5.41, 5.74) is 9.95. The second-order valence-corrected chi connectivity index (χ2v) is 8.46. The molecule has 0 atom stereocenters. The summed E-state index contributed by atoms with van der Waals surface area (Å²) in [6, 6.07) is 15.0. The zero-order valence-corrected chi connectivity index (χ0v) is 18.9. The van der Waals surface area contributed by atoms with Crippen molar-refractivity contribution >= 4 is 17.3 Å². The molecule has 0 saturated carbocycles. The maximum atomic E-state index is 12.8. The van der Waals surface area contributed by atoms with Crippen LogP contribution in [0.5, 0.6) is 0 Å². The summed E-state index contributed by atoms with van der Waals surface area (Å²) in [4.78, 5) is 26.4. The number of carbonyl (C=O) groups is 1. The molecule has 172 valence electrons. The number of nitrogens with one attached hydrogen (secondary N) is 1. The molecule has 1 aliphatic rings. The number of benzene rings is 2. The van der Waals surface area contributed by atoms with Crippen LogP contribution in [0.3, 0.4) is 0 Å². The first-order valence-electron chi connectivity index (χ1n) is 11.2. The average molecular weight is 455 g/mol. The van der Waals surface area contributed by atoms with Crippen LogP contribution < -0.4 is 11.1 Å². The Morgan fingerprint density at radius 2 is 1.82 bits per heavy atom. The Bertz CT molecular complexity index is 1290. The van der Waals surface area contributed by atoms with E-state index in [1.54, 1.807) is 30.7 Å². The zero-order valence-electron chi connectivity index (χ0n) is 18.9. The lowest BCUT2D eigenvalue weighted by molar-refractivity contribution is 0.0596. The van der Waals surface area contributed by atoms with Gasteiger partial charge in [0.1, 0.15) is 17.2 Å². The number of imidazole rings is 1. The third-order valence-corrected chi connectivity index (χ3v) is 6.39. The Labute approximate surface area is 197 Å². The highest BCUT2D eigenvalue weighted by molar-refractivity contribution is 6.05. The fraction of sp³-hybridized carbons (Fsp3) is 0.231. The van der Waals surface area contributed by atoms with Crippen LogP contribution in [0.2, 0.25) is 0 Å². The molecular formula is C26H26N6O2. The molecule has 1 aliphatic heterocycles. The summed E-state index contributed by atoms with van der Waals surface area (Å²) in [5, 5.41) is 2.88. The van der Waals surface area contributed by atoms with Gasteiger partial charge in [0.25, 0.3) is 5.91 Å². The van der Waals surface area contributed by atoms with Gasteiger partial charge in [-0.25, -0.2) is 4.98 Å². The molecular weight excluding hydrogens is 428 g/mol. The molecule has 3 N–H and O–H groups in total. The van der Waals surface area contributed by atoms with E-state index < -0.39 is 0 Å². The molecule has 0 unspecified atom stereocenters. The first-order chi connectivity index (χ1) is 16.6. The number of nitrogens with two attached hydrogens (primary N) is 1. The zero-order chi connectivity index (χ0) is 23.5. The second kappa shape index (κ2) is 9.07. The Morgan fingerprint density at radius 1 is 1.06 bits per heavy atom. The van der Waals surface area contributed by atoms with Crippen LogP contribution in [0.4, 0.5) is 11.4 Å². The molecule has 0 bridgehead atoms. The molecule has 8 nitrogen and oxygen atoms in total. The predicted octanol–water partition coefficient (Wildman–Crippen LogP) is 3.81. The molecule has 2 aromatic carbocycles. The highest BCUT2D eigenvalue weighted by Crippen LogP contribution is 2.41. The van der Waals surface area contributed by atoms with Crippen molar-refractivity contribution in [2.24, 2.45) is 7.05 Å². The molecule has 8 heteroatoms. The van der Waals surface area contributed by atoms with Crippen molar-refractivity contribution in [2.45, 2.75) is 18.3 Å². The van der Waals surface area contributed by atoms with Crippen LogP contribution in [0.25, 0.3) is 11.4 Å². The van der Waals surface area contributed by atoms with Crippen LogP contribution in [-0.2, 0) is 17.2 Å². The van der Waals surface area contributed by atoms with E-state index >= 15 is 0 Å². The number of rotatable bonds is 5. The minimum atomic E-state index is -0.327. The van der Waals surface area contributed by atoms with Crippen LogP contribution in [0.15, 0.2) is 73.3 Å². The lowest BCUT2D eigenvalue weighted by Crippen LogP contribution is -2.37. The SMILES string of the molecule is Cn1cc(-c2cnccn2)nc1C1(c2ccc(C(=O)Nc3ccccc3N)cc2)CCOCC1.